The number of benzene rings is 3. The molecule has 4 rings (SSSR count). The third kappa shape index (κ3) is 3.10. The minimum Gasteiger partial charge on any atom is -0.372 e. The van der Waals surface area contributed by atoms with Crippen molar-refractivity contribution in [2.45, 2.75) is 5.60 Å². The maximum absolute atomic E-state index is 13.2. The smallest absolute Gasteiger partial charge is 0.268 e. The summed E-state index contributed by atoms with van der Waals surface area (Å²) in [4.78, 5) is 27.1. The number of halogens is 1. The fraction of sp³-hybridized carbons (Fsp3) is 0.0909. The third-order valence-corrected chi connectivity index (χ3v) is 5.23. The second-order valence-electron chi connectivity index (χ2n) is 6.54. The van der Waals surface area contributed by atoms with Crippen molar-refractivity contribution in [3.05, 3.63) is 94.5 Å². The molecule has 0 bridgehead atoms. The SMILES string of the molecule is O=C(CN1C(=O)[C@](O)(c2ccccc2)c2ccccc21)Nc1cccc(Br)c1. The van der Waals surface area contributed by atoms with E-state index in [-0.39, 0.29) is 12.5 Å². The Bertz CT molecular complexity index is 1050. The van der Waals surface area contributed by atoms with Gasteiger partial charge in [0.15, 0.2) is 5.60 Å². The summed E-state index contributed by atoms with van der Waals surface area (Å²) in [7, 11) is 0. The van der Waals surface area contributed by atoms with Gasteiger partial charge in [0.2, 0.25) is 5.91 Å². The summed E-state index contributed by atoms with van der Waals surface area (Å²) in [6, 6.07) is 23.0. The Labute approximate surface area is 170 Å². The van der Waals surface area contributed by atoms with Gasteiger partial charge in [0.25, 0.3) is 5.91 Å². The molecule has 2 N–H and O–H groups in total. The highest BCUT2D eigenvalue weighted by molar-refractivity contribution is 9.10. The quantitative estimate of drug-likeness (QED) is 0.655. The van der Waals surface area contributed by atoms with Gasteiger partial charge in [-0.1, -0.05) is 70.5 Å². The van der Waals surface area contributed by atoms with Crippen molar-refractivity contribution in [3.8, 4) is 0 Å². The van der Waals surface area contributed by atoms with Crippen LogP contribution in [-0.2, 0) is 15.2 Å². The number of carbonyl (C=O) groups is 2. The zero-order valence-electron chi connectivity index (χ0n) is 14.8. The fourth-order valence-corrected chi connectivity index (χ4v) is 3.86. The molecule has 1 heterocycles. The molecule has 0 unspecified atom stereocenters. The Morgan fingerprint density at radius 1 is 1.00 bits per heavy atom. The number of nitrogens with one attached hydrogen (secondary N) is 1. The number of hydrogen-bond acceptors (Lipinski definition) is 3. The number of rotatable bonds is 4. The molecule has 0 spiro atoms. The molecule has 6 heteroatoms. The molecule has 1 aliphatic heterocycles. The molecular weight excluding hydrogens is 420 g/mol. The second kappa shape index (κ2) is 7.22. The van der Waals surface area contributed by atoms with Gasteiger partial charge in [-0.05, 0) is 29.8 Å². The van der Waals surface area contributed by atoms with Gasteiger partial charge < -0.3 is 10.4 Å². The molecule has 0 saturated carbocycles. The van der Waals surface area contributed by atoms with Gasteiger partial charge in [-0.15, -0.1) is 0 Å². The summed E-state index contributed by atoms with van der Waals surface area (Å²) in [6.45, 7) is -0.197. The van der Waals surface area contributed by atoms with E-state index in [1.807, 2.05) is 18.2 Å². The topological polar surface area (TPSA) is 69.6 Å². The van der Waals surface area contributed by atoms with Crippen LogP contribution >= 0.6 is 15.9 Å². The van der Waals surface area contributed by atoms with Gasteiger partial charge in [-0.25, -0.2) is 0 Å². The first-order valence-electron chi connectivity index (χ1n) is 8.75. The van der Waals surface area contributed by atoms with Crippen LogP contribution in [0, 0.1) is 0 Å². The van der Waals surface area contributed by atoms with Crippen molar-refractivity contribution in [1.82, 2.24) is 0 Å². The Morgan fingerprint density at radius 2 is 1.71 bits per heavy atom. The molecule has 140 valence electrons. The zero-order chi connectivity index (χ0) is 19.7. The Balaban J connectivity index is 1.65. The Hall–Kier alpha value is -2.96. The number of fused-ring (bicyclic) bond motifs is 1. The van der Waals surface area contributed by atoms with Crippen LogP contribution < -0.4 is 10.2 Å². The molecule has 0 aromatic heterocycles. The molecule has 5 nitrogen and oxygen atoms in total. The highest BCUT2D eigenvalue weighted by Crippen LogP contribution is 2.44. The highest BCUT2D eigenvalue weighted by atomic mass is 79.9. The standard InChI is InChI=1S/C22H17BrN2O3/c23-16-9-6-10-17(13-16)24-20(26)14-25-19-12-5-4-11-18(19)22(28,21(25)27)15-7-2-1-3-8-15/h1-13,28H,14H2,(H,24,26)/t22-/m0/s1. The number of anilines is 2. The lowest BCUT2D eigenvalue weighted by atomic mass is 9.88. The highest BCUT2D eigenvalue weighted by Gasteiger charge is 2.51. The van der Waals surface area contributed by atoms with Crippen LogP contribution in [0.4, 0.5) is 11.4 Å². The zero-order valence-corrected chi connectivity index (χ0v) is 16.4. The number of carbonyl (C=O) groups excluding carboxylic acids is 2. The average Bonchev–Trinajstić information content (AvgIpc) is 2.92. The van der Waals surface area contributed by atoms with Crippen LogP contribution in [0.1, 0.15) is 11.1 Å². The van der Waals surface area contributed by atoms with Gasteiger partial charge >= 0.3 is 0 Å². The van der Waals surface area contributed by atoms with E-state index < -0.39 is 11.5 Å². The Morgan fingerprint density at radius 3 is 2.46 bits per heavy atom. The van der Waals surface area contributed by atoms with Crippen LogP contribution in [0.25, 0.3) is 0 Å². The van der Waals surface area contributed by atoms with E-state index in [1.54, 1.807) is 60.7 Å². The summed E-state index contributed by atoms with van der Waals surface area (Å²) in [5.74, 6) is -0.886. The monoisotopic (exact) mass is 436 g/mol. The van der Waals surface area contributed by atoms with Crippen LogP contribution in [0.3, 0.4) is 0 Å². The van der Waals surface area contributed by atoms with Gasteiger partial charge in [0.1, 0.15) is 6.54 Å². The average molecular weight is 437 g/mol. The second-order valence-corrected chi connectivity index (χ2v) is 7.46. The van der Waals surface area contributed by atoms with E-state index >= 15 is 0 Å². The fourth-order valence-electron chi connectivity index (χ4n) is 3.46. The minimum atomic E-state index is -1.81. The first-order valence-corrected chi connectivity index (χ1v) is 9.54. The third-order valence-electron chi connectivity index (χ3n) is 4.74. The van der Waals surface area contributed by atoms with E-state index in [9.17, 15) is 14.7 Å². The minimum absolute atomic E-state index is 0.197. The molecule has 3 aromatic rings. The predicted octanol–water partition coefficient (Wildman–Crippen LogP) is 3.67. The molecule has 1 atom stereocenters. The molecule has 3 aromatic carbocycles. The summed E-state index contributed by atoms with van der Waals surface area (Å²) in [5, 5.41) is 14.1. The van der Waals surface area contributed by atoms with Crippen molar-refractivity contribution in [1.29, 1.82) is 0 Å². The lowest BCUT2D eigenvalue weighted by Gasteiger charge is -2.23. The van der Waals surface area contributed by atoms with Crippen LogP contribution in [0.15, 0.2) is 83.3 Å². The van der Waals surface area contributed by atoms with Crippen molar-refractivity contribution in [2.75, 3.05) is 16.8 Å². The van der Waals surface area contributed by atoms with Gasteiger partial charge in [-0.3, -0.25) is 14.5 Å². The summed E-state index contributed by atoms with van der Waals surface area (Å²) >= 11 is 3.36. The van der Waals surface area contributed by atoms with Crippen molar-refractivity contribution >= 4 is 39.1 Å². The molecule has 2 amide bonds. The van der Waals surface area contributed by atoms with E-state index in [0.717, 1.165) is 4.47 Å². The van der Waals surface area contributed by atoms with E-state index in [4.69, 9.17) is 0 Å². The van der Waals surface area contributed by atoms with Crippen molar-refractivity contribution in [3.63, 3.8) is 0 Å². The Kier molecular flexibility index (Phi) is 4.75. The van der Waals surface area contributed by atoms with Gasteiger partial charge in [0, 0.05) is 15.7 Å². The maximum Gasteiger partial charge on any atom is 0.268 e. The first kappa shape index (κ1) is 18.4. The van der Waals surface area contributed by atoms with Crippen molar-refractivity contribution < 1.29 is 14.7 Å². The number of aliphatic hydroxyl groups is 1. The van der Waals surface area contributed by atoms with Gasteiger partial charge in [0.05, 0.1) is 5.69 Å². The molecule has 0 radical (unpaired) electrons. The molecular formula is C22H17BrN2O3. The summed E-state index contributed by atoms with van der Waals surface area (Å²) in [6.07, 6.45) is 0. The lowest BCUT2D eigenvalue weighted by Crippen LogP contribution is -2.44. The number of nitrogens with zero attached hydrogens (tertiary/aromatic N) is 1. The van der Waals surface area contributed by atoms with Crippen LogP contribution in [-0.4, -0.2) is 23.5 Å². The number of amides is 2. The van der Waals surface area contributed by atoms with Crippen LogP contribution in [0.5, 0.6) is 0 Å². The summed E-state index contributed by atoms with van der Waals surface area (Å²) in [5.41, 5.74) is 0.290. The van der Waals surface area contributed by atoms with E-state index in [2.05, 4.69) is 21.2 Å². The maximum atomic E-state index is 13.2. The number of para-hydroxylation sites is 1. The largest absolute Gasteiger partial charge is 0.372 e. The molecule has 1 aliphatic rings. The van der Waals surface area contributed by atoms with E-state index in [0.29, 0.717) is 22.5 Å². The molecule has 0 aliphatic carbocycles. The molecule has 0 saturated heterocycles. The van der Waals surface area contributed by atoms with Crippen molar-refractivity contribution in [2.24, 2.45) is 0 Å². The molecule has 0 fully saturated rings. The number of hydrogen-bond donors (Lipinski definition) is 2. The predicted molar refractivity (Wildman–Crippen MR) is 111 cm³/mol. The lowest BCUT2D eigenvalue weighted by molar-refractivity contribution is -0.133. The van der Waals surface area contributed by atoms with E-state index in [1.165, 1.54) is 4.90 Å². The van der Waals surface area contributed by atoms with Crippen LogP contribution in [0.2, 0.25) is 0 Å². The first-order chi connectivity index (χ1) is 13.5. The molecule has 28 heavy (non-hydrogen) atoms. The normalized spacial score (nSPS) is 18.1. The summed E-state index contributed by atoms with van der Waals surface area (Å²) < 4.78 is 0.839. The van der Waals surface area contributed by atoms with Gasteiger partial charge in [-0.2, -0.15) is 0 Å².